The summed E-state index contributed by atoms with van der Waals surface area (Å²) in [4.78, 5) is 8.58. The topological polar surface area (TPSA) is 93.5 Å². The largest absolute Gasteiger partial charge is 0.370 e. The van der Waals surface area contributed by atoms with Crippen molar-refractivity contribution in [3.05, 3.63) is 60.3 Å². The average molecular weight is 309 g/mol. The van der Waals surface area contributed by atoms with Crippen LogP contribution < -0.4 is 11.1 Å². The van der Waals surface area contributed by atoms with Crippen LogP contribution in [0.25, 0.3) is 5.65 Å². The number of fused-ring (bicyclic) bond motifs is 1. The highest BCUT2D eigenvalue weighted by molar-refractivity contribution is 5.77. The Morgan fingerprint density at radius 3 is 2.91 bits per heavy atom. The third-order valence-electron chi connectivity index (χ3n) is 3.42. The quantitative estimate of drug-likeness (QED) is 0.519. The molecule has 0 saturated carbocycles. The Kier molecular flexibility index (Phi) is 4.78. The fourth-order valence-corrected chi connectivity index (χ4v) is 2.26. The molecule has 0 bridgehead atoms. The molecular weight excluding hydrogens is 290 g/mol. The molecule has 118 valence electrons. The lowest BCUT2D eigenvalue weighted by atomic mass is 10.3. The number of aliphatic imine (C=N–C) groups is 1. The minimum absolute atomic E-state index is 0.440. The molecule has 3 N–H and O–H groups in total. The smallest absolute Gasteiger partial charge is 0.188 e. The molecular formula is C16H19N7. The molecule has 0 radical (unpaired) electrons. The minimum atomic E-state index is 0.440. The van der Waals surface area contributed by atoms with E-state index in [2.05, 4.69) is 25.5 Å². The van der Waals surface area contributed by atoms with E-state index in [0.717, 1.165) is 23.6 Å². The van der Waals surface area contributed by atoms with Crippen molar-refractivity contribution in [2.24, 2.45) is 10.7 Å². The summed E-state index contributed by atoms with van der Waals surface area (Å²) in [5.74, 6) is 1.32. The Morgan fingerprint density at radius 1 is 1.13 bits per heavy atom. The van der Waals surface area contributed by atoms with Gasteiger partial charge in [0.15, 0.2) is 11.6 Å². The first-order chi connectivity index (χ1) is 11.3. The summed E-state index contributed by atoms with van der Waals surface area (Å²) < 4.78 is 1.96. The molecule has 0 atom stereocenters. The Bertz CT molecular complexity index is 779. The molecule has 23 heavy (non-hydrogen) atoms. The average Bonchev–Trinajstić information content (AvgIpc) is 2.99. The highest BCUT2D eigenvalue weighted by Crippen LogP contribution is 2.03. The molecule has 0 aromatic carbocycles. The van der Waals surface area contributed by atoms with E-state index in [9.17, 15) is 0 Å². The standard InChI is InChI=1S/C16H19N7/c17-16(19-10-7-13-5-1-3-9-18-13)20-11-8-15-22-21-14-6-2-4-12-23(14)15/h1-6,9,12H,7-8,10-11H2,(H3,17,19,20). The normalized spacial score (nSPS) is 11.7. The third-order valence-corrected chi connectivity index (χ3v) is 3.42. The second kappa shape index (κ2) is 7.35. The van der Waals surface area contributed by atoms with Gasteiger partial charge in [-0.05, 0) is 24.3 Å². The van der Waals surface area contributed by atoms with Crippen LogP contribution in [0.1, 0.15) is 11.5 Å². The number of aromatic nitrogens is 4. The van der Waals surface area contributed by atoms with E-state index in [1.54, 1.807) is 6.20 Å². The number of rotatable bonds is 6. The van der Waals surface area contributed by atoms with E-state index in [4.69, 9.17) is 5.73 Å². The van der Waals surface area contributed by atoms with Crippen LogP contribution in [0.2, 0.25) is 0 Å². The number of nitrogens with zero attached hydrogens (tertiary/aromatic N) is 5. The maximum atomic E-state index is 5.87. The summed E-state index contributed by atoms with van der Waals surface area (Å²) in [6, 6.07) is 11.7. The van der Waals surface area contributed by atoms with E-state index >= 15 is 0 Å². The SMILES string of the molecule is NC(=NCCc1nnc2ccccn12)NCCc1ccccn1. The van der Waals surface area contributed by atoms with E-state index in [1.165, 1.54) is 0 Å². The highest BCUT2D eigenvalue weighted by atomic mass is 15.2. The van der Waals surface area contributed by atoms with Crippen molar-refractivity contribution in [2.45, 2.75) is 12.8 Å². The first-order valence-corrected chi connectivity index (χ1v) is 7.55. The van der Waals surface area contributed by atoms with Crippen molar-refractivity contribution in [3.8, 4) is 0 Å². The van der Waals surface area contributed by atoms with Gasteiger partial charge in [0.1, 0.15) is 5.82 Å². The van der Waals surface area contributed by atoms with Crippen LogP contribution in [0, 0.1) is 0 Å². The Morgan fingerprint density at radius 2 is 2.04 bits per heavy atom. The third kappa shape index (κ3) is 4.03. The Hall–Kier alpha value is -2.96. The van der Waals surface area contributed by atoms with E-state index in [0.29, 0.717) is 25.5 Å². The highest BCUT2D eigenvalue weighted by Gasteiger charge is 2.03. The molecule has 3 heterocycles. The summed E-state index contributed by atoms with van der Waals surface area (Å²) in [7, 11) is 0. The predicted molar refractivity (Wildman–Crippen MR) is 89.1 cm³/mol. The van der Waals surface area contributed by atoms with Gasteiger partial charge in [-0.1, -0.05) is 12.1 Å². The Balaban J connectivity index is 1.46. The number of guanidine groups is 1. The molecule has 0 unspecified atom stereocenters. The summed E-state index contributed by atoms with van der Waals surface area (Å²) in [6.07, 6.45) is 5.23. The summed E-state index contributed by atoms with van der Waals surface area (Å²) in [5, 5.41) is 11.4. The van der Waals surface area contributed by atoms with Gasteiger partial charge in [0.05, 0.1) is 0 Å². The summed E-state index contributed by atoms with van der Waals surface area (Å²) >= 11 is 0. The molecule has 0 saturated heterocycles. The van der Waals surface area contributed by atoms with Crippen LogP contribution in [-0.4, -0.2) is 38.6 Å². The van der Waals surface area contributed by atoms with Gasteiger partial charge in [0.25, 0.3) is 0 Å². The monoisotopic (exact) mass is 309 g/mol. The summed E-state index contributed by atoms with van der Waals surface area (Å²) in [6.45, 7) is 1.28. The fourth-order valence-electron chi connectivity index (χ4n) is 2.26. The van der Waals surface area contributed by atoms with Crippen molar-refractivity contribution >= 4 is 11.6 Å². The van der Waals surface area contributed by atoms with E-state index in [-0.39, 0.29) is 0 Å². The second-order valence-corrected chi connectivity index (χ2v) is 5.06. The first kappa shape index (κ1) is 15.0. The molecule has 0 aliphatic heterocycles. The molecule has 0 spiro atoms. The molecule has 3 aromatic heterocycles. The van der Waals surface area contributed by atoms with Crippen LogP contribution in [0.4, 0.5) is 0 Å². The number of pyridine rings is 2. The van der Waals surface area contributed by atoms with Crippen LogP contribution in [-0.2, 0) is 12.8 Å². The van der Waals surface area contributed by atoms with Crippen LogP contribution >= 0.6 is 0 Å². The van der Waals surface area contributed by atoms with Crippen molar-refractivity contribution in [1.29, 1.82) is 0 Å². The zero-order chi connectivity index (χ0) is 15.9. The molecule has 0 amide bonds. The molecule has 0 aliphatic carbocycles. The minimum Gasteiger partial charge on any atom is -0.370 e. The van der Waals surface area contributed by atoms with Crippen LogP contribution in [0.15, 0.2) is 53.8 Å². The molecule has 7 heteroatoms. The lowest BCUT2D eigenvalue weighted by Crippen LogP contribution is -2.33. The predicted octanol–water partition coefficient (Wildman–Crippen LogP) is 0.814. The van der Waals surface area contributed by atoms with E-state index in [1.807, 2.05) is 47.0 Å². The maximum Gasteiger partial charge on any atom is 0.188 e. The van der Waals surface area contributed by atoms with Crippen molar-refractivity contribution in [1.82, 2.24) is 24.9 Å². The molecule has 3 rings (SSSR count). The van der Waals surface area contributed by atoms with Crippen molar-refractivity contribution in [2.75, 3.05) is 13.1 Å². The number of nitrogens with two attached hydrogens (primary N) is 1. The molecule has 0 fully saturated rings. The van der Waals surface area contributed by atoms with Gasteiger partial charge in [-0.3, -0.25) is 14.4 Å². The first-order valence-electron chi connectivity index (χ1n) is 7.55. The number of hydrogen-bond donors (Lipinski definition) is 2. The van der Waals surface area contributed by atoms with Gasteiger partial charge in [0.2, 0.25) is 0 Å². The Labute approximate surface area is 134 Å². The van der Waals surface area contributed by atoms with Gasteiger partial charge < -0.3 is 11.1 Å². The van der Waals surface area contributed by atoms with Crippen LogP contribution in [0.5, 0.6) is 0 Å². The van der Waals surface area contributed by atoms with Gasteiger partial charge in [-0.15, -0.1) is 10.2 Å². The number of hydrogen-bond acceptors (Lipinski definition) is 4. The molecule has 3 aromatic rings. The fraction of sp³-hybridized carbons (Fsp3) is 0.250. The van der Waals surface area contributed by atoms with Crippen molar-refractivity contribution in [3.63, 3.8) is 0 Å². The van der Waals surface area contributed by atoms with Gasteiger partial charge in [-0.25, -0.2) is 0 Å². The number of nitrogens with one attached hydrogen (secondary N) is 1. The molecule has 7 nitrogen and oxygen atoms in total. The maximum absolute atomic E-state index is 5.87. The van der Waals surface area contributed by atoms with Crippen LogP contribution in [0.3, 0.4) is 0 Å². The lowest BCUT2D eigenvalue weighted by molar-refractivity contribution is 0.811. The van der Waals surface area contributed by atoms with Crippen molar-refractivity contribution < 1.29 is 0 Å². The lowest BCUT2D eigenvalue weighted by Gasteiger charge is -2.05. The zero-order valence-electron chi connectivity index (χ0n) is 12.8. The second-order valence-electron chi connectivity index (χ2n) is 5.06. The summed E-state index contributed by atoms with van der Waals surface area (Å²) in [5.41, 5.74) is 7.74. The van der Waals surface area contributed by atoms with Gasteiger partial charge in [0, 0.05) is 44.0 Å². The van der Waals surface area contributed by atoms with Gasteiger partial charge in [-0.2, -0.15) is 0 Å². The molecule has 0 aliphatic rings. The van der Waals surface area contributed by atoms with Gasteiger partial charge >= 0.3 is 0 Å². The van der Waals surface area contributed by atoms with E-state index < -0.39 is 0 Å². The zero-order valence-corrected chi connectivity index (χ0v) is 12.8.